The summed E-state index contributed by atoms with van der Waals surface area (Å²) in [5.74, 6) is 0. The van der Waals surface area contributed by atoms with Crippen molar-refractivity contribution in [2.45, 2.75) is 38.1 Å². The zero-order valence-corrected chi connectivity index (χ0v) is 12.5. The zero-order chi connectivity index (χ0) is 14.3. The normalized spacial score (nSPS) is 12.8. The summed E-state index contributed by atoms with van der Waals surface area (Å²) in [6.07, 6.45) is 0. The van der Waals surface area contributed by atoms with Crippen LogP contribution in [0.5, 0.6) is 0 Å². The van der Waals surface area contributed by atoms with Crippen molar-refractivity contribution in [1.29, 1.82) is 0 Å². The molecule has 102 valence electrons. The summed E-state index contributed by atoms with van der Waals surface area (Å²) in [4.78, 5) is 0.337. The Balaban J connectivity index is 2.67. The highest BCUT2D eigenvalue weighted by Gasteiger charge is 2.23. The Labute approximate surface area is 114 Å². The molecule has 2 aromatic rings. The van der Waals surface area contributed by atoms with Crippen molar-refractivity contribution in [1.82, 2.24) is 4.72 Å². The van der Waals surface area contributed by atoms with Crippen LogP contribution in [0.4, 0.5) is 0 Å². The molecule has 0 radical (unpaired) electrons. The molecule has 0 saturated heterocycles. The molecular formula is C15H19NO2S. The molecule has 0 saturated carbocycles. The lowest BCUT2D eigenvalue weighted by Gasteiger charge is -2.21. The fourth-order valence-electron chi connectivity index (χ4n) is 2.11. The van der Waals surface area contributed by atoms with E-state index in [1.807, 2.05) is 58.0 Å². The topological polar surface area (TPSA) is 46.2 Å². The molecule has 3 nitrogen and oxygen atoms in total. The fraction of sp³-hybridized carbons (Fsp3) is 0.333. The molecule has 0 bridgehead atoms. The number of hydrogen-bond donors (Lipinski definition) is 1. The van der Waals surface area contributed by atoms with Crippen LogP contribution in [0.3, 0.4) is 0 Å². The van der Waals surface area contributed by atoms with E-state index in [1.54, 1.807) is 6.07 Å². The second-order valence-corrected chi connectivity index (χ2v) is 7.43. The number of fused-ring (bicyclic) bond motifs is 1. The number of sulfonamides is 1. The van der Waals surface area contributed by atoms with Crippen LogP contribution in [0.15, 0.2) is 41.3 Å². The van der Waals surface area contributed by atoms with Gasteiger partial charge < -0.3 is 0 Å². The second kappa shape index (κ2) is 4.62. The van der Waals surface area contributed by atoms with Gasteiger partial charge in [-0.2, -0.15) is 0 Å². The molecule has 0 aliphatic heterocycles. The van der Waals surface area contributed by atoms with Gasteiger partial charge in [0.05, 0.1) is 4.90 Å². The van der Waals surface area contributed by atoms with E-state index in [2.05, 4.69) is 4.72 Å². The SMILES string of the molecule is Cc1ccc(S(=O)(=O)NC(C)(C)C)c2ccccc12. The first-order chi connectivity index (χ1) is 8.71. The number of benzene rings is 2. The maximum Gasteiger partial charge on any atom is 0.241 e. The van der Waals surface area contributed by atoms with Crippen LogP contribution >= 0.6 is 0 Å². The molecule has 1 N–H and O–H groups in total. The summed E-state index contributed by atoms with van der Waals surface area (Å²) >= 11 is 0. The van der Waals surface area contributed by atoms with Crippen LogP contribution in [-0.4, -0.2) is 14.0 Å². The lowest BCUT2D eigenvalue weighted by molar-refractivity contribution is 0.492. The standard InChI is InChI=1S/C15H19NO2S/c1-11-9-10-14(13-8-6-5-7-12(11)13)19(17,18)16-15(2,3)4/h5-10,16H,1-4H3. The first-order valence-electron chi connectivity index (χ1n) is 6.23. The minimum absolute atomic E-state index is 0.337. The lowest BCUT2D eigenvalue weighted by atomic mass is 10.1. The average Bonchev–Trinajstić information content (AvgIpc) is 2.26. The average molecular weight is 277 g/mol. The third-order valence-corrected chi connectivity index (χ3v) is 4.65. The second-order valence-electron chi connectivity index (χ2n) is 5.78. The van der Waals surface area contributed by atoms with Gasteiger partial charge in [0.2, 0.25) is 10.0 Å². The van der Waals surface area contributed by atoms with E-state index in [-0.39, 0.29) is 0 Å². The highest BCUT2D eigenvalue weighted by Crippen LogP contribution is 2.26. The fourth-order valence-corrected chi connectivity index (χ4v) is 3.75. The predicted molar refractivity (Wildman–Crippen MR) is 78.8 cm³/mol. The van der Waals surface area contributed by atoms with Crippen molar-refractivity contribution in [3.05, 3.63) is 42.0 Å². The highest BCUT2D eigenvalue weighted by atomic mass is 32.2. The van der Waals surface area contributed by atoms with Gasteiger partial charge in [0.1, 0.15) is 0 Å². The van der Waals surface area contributed by atoms with Gasteiger partial charge in [-0.3, -0.25) is 0 Å². The molecule has 0 aliphatic rings. The van der Waals surface area contributed by atoms with E-state index >= 15 is 0 Å². The Morgan fingerprint density at radius 2 is 1.53 bits per heavy atom. The summed E-state index contributed by atoms with van der Waals surface area (Å²) < 4.78 is 27.6. The monoisotopic (exact) mass is 277 g/mol. The van der Waals surface area contributed by atoms with Gasteiger partial charge in [0.15, 0.2) is 0 Å². The third kappa shape index (κ3) is 2.96. The summed E-state index contributed by atoms with van der Waals surface area (Å²) in [5.41, 5.74) is 0.579. The quantitative estimate of drug-likeness (QED) is 0.916. The zero-order valence-electron chi connectivity index (χ0n) is 11.7. The number of rotatable bonds is 2. The Bertz CT molecular complexity index is 712. The molecule has 4 heteroatoms. The van der Waals surface area contributed by atoms with E-state index in [4.69, 9.17) is 0 Å². The summed E-state index contributed by atoms with van der Waals surface area (Å²) in [6, 6.07) is 11.1. The van der Waals surface area contributed by atoms with Crippen molar-refractivity contribution in [2.75, 3.05) is 0 Å². The van der Waals surface area contributed by atoms with E-state index in [9.17, 15) is 8.42 Å². The molecule has 0 aromatic heterocycles. The van der Waals surface area contributed by atoms with Gasteiger partial charge in [-0.05, 0) is 44.7 Å². The molecule has 0 amide bonds. The van der Waals surface area contributed by atoms with E-state index in [0.717, 1.165) is 16.3 Å². The molecule has 0 aliphatic carbocycles. The highest BCUT2D eigenvalue weighted by molar-refractivity contribution is 7.89. The van der Waals surface area contributed by atoms with Crippen molar-refractivity contribution in [3.63, 3.8) is 0 Å². The largest absolute Gasteiger partial charge is 0.241 e. The molecule has 2 rings (SSSR count). The van der Waals surface area contributed by atoms with Crippen LogP contribution in [0.25, 0.3) is 10.8 Å². The molecule has 0 atom stereocenters. The molecular weight excluding hydrogens is 258 g/mol. The first kappa shape index (κ1) is 14.0. The third-order valence-electron chi connectivity index (χ3n) is 2.83. The van der Waals surface area contributed by atoms with Crippen molar-refractivity contribution < 1.29 is 8.42 Å². The van der Waals surface area contributed by atoms with Gasteiger partial charge in [-0.15, -0.1) is 0 Å². The van der Waals surface area contributed by atoms with Gasteiger partial charge in [0.25, 0.3) is 0 Å². The summed E-state index contributed by atoms with van der Waals surface area (Å²) in [7, 11) is -3.51. The van der Waals surface area contributed by atoms with Gasteiger partial charge >= 0.3 is 0 Å². The van der Waals surface area contributed by atoms with E-state index < -0.39 is 15.6 Å². The maximum atomic E-state index is 12.5. The van der Waals surface area contributed by atoms with Crippen molar-refractivity contribution in [2.24, 2.45) is 0 Å². The maximum absolute atomic E-state index is 12.5. The van der Waals surface area contributed by atoms with Crippen LogP contribution in [0, 0.1) is 6.92 Å². The number of nitrogens with one attached hydrogen (secondary N) is 1. The van der Waals surface area contributed by atoms with Crippen molar-refractivity contribution >= 4 is 20.8 Å². The first-order valence-corrected chi connectivity index (χ1v) is 7.71. The molecule has 19 heavy (non-hydrogen) atoms. The lowest BCUT2D eigenvalue weighted by Crippen LogP contribution is -2.40. The van der Waals surface area contributed by atoms with Crippen LogP contribution in [0.1, 0.15) is 26.3 Å². The van der Waals surface area contributed by atoms with Gasteiger partial charge in [-0.1, -0.05) is 30.3 Å². The van der Waals surface area contributed by atoms with E-state index in [0.29, 0.717) is 4.90 Å². The summed E-state index contributed by atoms with van der Waals surface area (Å²) in [5, 5.41) is 1.73. The number of hydrogen-bond acceptors (Lipinski definition) is 2. The summed E-state index contributed by atoms with van der Waals surface area (Å²) in [6.45, 7) is 7.48. The minimum atomic E-state index is -3.51. The Morgan fingerprint density at radius 3 is 2.11 bits per heavy atom. The van der Waals surface area contributed by atoms with Crippen molar-refractivity contribution in [3.8, 4) is 0 Å². The van der Waals surface area contributed by atoms with Crippen LogP contribution < -0.4 is 4.72 Å². The molecule has 0 spiro atoms. The van der Waals surface area contributed by atoms with E-state index in [1.165, 1.54) is 0 Å². The Morgan fingerprint density at radius 1 is 0.947 bits per heavy atom. The molecule has 2 aromatic carbocycles. The number of aryl methyl sites for hydroxylation is 1. The van der Waals surface area contributed by atoms with Gasteiger partial charge in [-0.25, -0.2) is 13.1 Å². The van der Waals surface area contributed by atoms with Crippen LogP contribution in [-0.2, 0) is 10.0 Å². The Hall–Kier alpha value is -1.39. The smallest absolute Gasteiger partial charge is 0.207 e. The van der Waals surface area contributed by atoms with Gasteiger partial charge in [0, 0.05) is 10.9 Å². The minimum Gasteiger partial charge on any atom is -0.207 e. The molecule has 0 fully saturated rings. The molecule has 0 heterocycles. The molecule has 0 unspecified atom stereocenters. The Kier molecular flexibility index (Phi) is 3.41. The van der Waals surface area contributed by atoms with Crippen LogP contribution in [0.2, 0.25) is 0 Å². The predicted octanol–water partition coefficient (Wildman–Crippen LogP) is 3.23.